The van der Waals surface area contributed by atoms with Crippen molar-refractivity contribution in [3.63, 3.8) is 0 Å². The van der Waals surface area contributed by atoms with E-state index in [4.69, 9.17) is 6.42 Å². The fourth-order valence-corrected chi connectivity index (χ4v) is 1.53. The Bertz CT molecular complexity index is 380. The van der Waals surface area contributed by atoms with E-state index < -0.39 is 0 Å². The second-order valence-corrected chi connectivity index (χ2v) is 3.54. The summed E-state index contributed by atoms with van der Waals surface area (Å²) in [6, 6.07) is 7.51. The van der Waals surface area contributed by atoms with E-state index in [9.17, 15) is 0 Å². The summed E-state index contributed by atoms with van der Waals surface area (Å²) >= 11 is 0. The summed E-state index contributed by atoms with van der Waals surface area (Å²) in [4.78, 5) is 0. The molecule has 1 aromatic carbocycles. The number of hydrogen-bond donors (Lipinski definition) is 0. The van der Waals surface area contributed by atoms with Crippen molar-refractivity contribution < 1.29 is 0 Å². The summed E-state index contributed by atoms with van der Waals surface area (Å²) in [7, 11) is 0. The SMILES string of the molecule is C#Cc1ccc(N=NN2CCCC2)cc1. The van der Waals surface area contributed by atoms with Crippen LogP contribution in [-0.4, -0.2) is 18.1 Å². The van der Waals surface area contributed by atoms with Crippen LogP contribution < -0.4 is 0 Å². The highest BCUT2D eigenvalue weighted by Gasteiger charge is 2.07. The van der Waals surface area contributed by atoms with Gasteiger partial charge in [-0.1, -0.05) is 11.1 Å². The summed E-state index contributed by atoms with van der Waals surface area (Å²) in [5.41, 5.74) is 1.72. The largest absolute Gasteiger partial charge is 0.278 e. The minimum absolute atomic E-state index is 0.848. The lowest BCUT2D eigenvalue weighted by Gasteiger charge is -2.06. The van der Waals surface area contributed by atoms with Crippen LogP contribution in [0.4, 0.5) is 5.69 Å². The standard InChI is InChI=1S/C12H13N3/c1-2-11-5-7-12(8-6-11)13-14-15-9-3-4-10-15/h1,5-8H,3-4,9-10H2. The molecule has 1 saturated heterocycles. The molecule has 76 valence electrons. The Morgan fingerprint density at radius 3 is 2.40 bits per heavy atom. The van der Waals surface area contributed by atoms with Gasteiger partial charge in [0.1, 0.15) is 0 Å². The Morgan fingerprint density at radius 2 is 1.80 bits per heavy atom. The summed E-state index contributed by atoms with van der Waals surface area (Å²) in [6.07, 6.45) is 7.70. The third kappa shape index (κ3) is 2.57. The lowest BCUT2D eigenvalue weighted by molar-refractivity contribution is 0.336. The molecule has 0 saturated carbocycles. The Morgan fingerprint density at radius 1 is 1.13 bits per heavy atom. The molecule has 0 N–H and O–H groups in total. The molecule has 15 heavy (non-hydrogen) atoms. The van der Waals surface area contributed by atoms with Crippen molar-refractivity contribution in [3.05, 3.63) is 29.8 Å². The molecule has 0 bridgehead atoms. The molecule has 1 aromatic rings. The molecule has 0 aliphatic carbocycles. The van der Waals surface area contributed by atoms with Crippen LogP contribution in [0.2, 0.25) is 0 Å². The van der Waals surface area contributed by atoms with Gasteiger partial charge in [-0.3, -0.25) is 5.01 Å². The Balaban J connectivity index is 2.01. The summed E-state index contributed by atoms with van der Waals surface area (Å²) in [5.74, 6) is 2.57. The van der Waals surface area contributed by atoms with Gasteiger partial charge in [0.2, 0.25) is 0 Å². The summed E-state index contributed by atoms with van der Waals surface area (Å²) < 4.78 is 0. The van der Waals surface area contributed by atoms with Crippen LogP contribution >= 0.6 is 0 Å². The molecular weight excluding hydrogens is 186 g/mol. The van der Waals surface area contributed by atoms with Gasteiger partial charge in [-0.15, -0.1) is 11.5 Å². The number of rotatable bonds is 2. The van der Waals surface area contributed by atoms with E-state index in [-0.39, 0.29) is 0 Å². The van der Waals surface area contributed by atoms with Crippen LogP contribution in [0.3, 0.4) is 0 Å². The third-order valence-electron chi connectivity index (χ3n) is 2.40. The highest BCUT2D eigenvalue weighted by Crippen LogP contribution is 2.15. The Kier molecular flexibility index (Phi) is 2.99. The van der Waals surface area contributed by atoms with Crippen molar-refractivity contribution in [2.45, 2.75) is 12.8 Å². The van der Waals surface area contributed by atoms with Gasteiger partial charge in [-0.25, -0.2) is 0 Å². The highest BCUT2D eigenvalue weighted by molar-refractivity contribution is 5.43. The molecule has 0 unspecified atom stereocenters. The number of nitrogens with zero attached hydrogens (tertiary/aromatic N) is 3. The average molecular weight is 199 g/mol. The van der Waals surface area contributed by atoms with Crippen molar-refractivity contribution in [2.75, 3.05) is 13.1 Å². The first-order valence-corrected chi connectivity index (χ1v) is 5.12. The van der Waals surface area contributed by atoms with Crippen molar-refractivity contribution in [3.8, 4) is 12.3 Å². The fourth-order valence-electron chi connectivity index (χ4n) is 1.53. The quantitative estimate of drug-likeness (QED) is 0.531. The van der Waals surface area contributed by atoms with E-state index in [2.05, 4.69) is 16.3 Å². The minimum Gasteiger partial charge on any atom is -0.278 e. The molecule has 3 nitrogen and oxygen atoms in total. The summed E-state index contributed by atoms with van der Waals surface area (Å²) in [6.45, 7) is 2.04. The van der Waals surface area contributed by atoms with Crippen molar-refractivity contribution in [1.29, 1.82) is 0 Å². The van der Waals surface area contributed by atoms with Gasteiger partial charge in [0, 0.05) is 18.7 Å². The predicted octanol–water partition coefficient (Wildman–Crippen LogP) is 2.76. The number of terminal acetylenes is 1. The fraction of sp³-hybridized carbons (Fsp3) is 0.333. The zero-order valence-electron chi connectivity index (χ0n) is 8.56. The molecule has 0 radical (unpaired) electrons. The molecule has 1 aliphatic heterocycles. The molecule has 2 rings (SSSR count). The highest BCUT2D eigenvalue weighted by atomic mass is 15.5. The Labute approximate surface area is 89.8 Å². The van der Waals surface area contributed by atoms with Crippen LogP contribution in [0.5, 0.6) is 0 Å². The van der Waals surface area contributed by atoms with Gasteiger partial charge in [-0.2, -0.15) is 0 Å². The maximum atomic E-state index is 5.26. The molecule has 0 aromatic heterocycles. The van der Waals surface area contributed by atoms with Crippen LogP contribution in [-0.2, 0) is 0 Å². The second kappa shape index (κ2) is 4.61. The van der Waals surface area contributed by atoms with E-state index in [1.165, 1.54) is 12.8 Å². The van der Waals surface area contributed by atoms with Crippen molar-refractivity contribution in [2.24, 2.45) is 10.3 Å². The van der Waals surface area contributed by atoms with Gasteiger partial charge in [0.15, 0.2) is 0 Å². The van der Waals surface area contributed by atoms with Crippen LogP contribution in [0.1, 0.15) is 18.4 Å². The van der Waals surface area contributed by atoms with Gasteiger partial charge in [0.25, 0.3) is 0 Å². The monoisotopic (exact) mass is 199 g/mol. The zero-order chi connectivity index (χ0) is 10.5. The smallest absolute Gasteiger partial charge is 0.0875 e. The second-order valence-electron chi connectivity index (χ2n) is 3.54. The van der Waals surface area contributed by atoms with E-state index in [0.717, 1.165) is 24.3 Å². The minimum atomic E-state index is 0.848. The van der Waals surface area contributed by atoms with Crippen molar-refractivity contribution >= 4 is 5.69 Å². The van der Waals surface area contributed by atoms with Gasteiger partial charge < -0.3 is 0 Å². The maximum absolute atomic E-state index is 5.26. The predicted molar refractivity (Wildman–Crippen MR) is 59.7 cm³/mol. The van der Waals surface area contributed by atoms with Gasteiger partial charge >= 0.3 is 0 Å². The number of hydrogen-bond acceptors (Lipinski definition) is 2. The van der Waals surface area contributed by atoms with E-state index in [1.54, 1.807) is 0 Å². The van der Waals surface area contributed by atoms with Crippen molar-refractivity contribution in [1.82, 2.24) is 5.01 Å². The average Bonchev–Trinajstić information content (AvgIpc) is 2.80. The molecule has 1 aliphatic rings. The molecule has 0 atom stereocenters. The topological polar surface area (TPSA) is 28.0 Å². The lowest BCUT2D eigenvalue weighted by atomic mass is 10.2. The van der Waals surface area contributed by atoms with Crippen LogP contribution in [0.15, 0.2) is 34.6 Å². The molecule has 0 amide bonds. The van der Waals surface area contributed by atoms with Crippen LogP contribution in [0, 0.1) is 12.3 Å². The zero-order valence-corrected chi connectivity index (χ0v) is 8.56. The molecule has 3 heteroatoms. The molecular formula is C12H13N3. The molecule has 0 spiro atoms. The first-order chi connectivity index (χ1) is 7.38. The first-order valence-electron chi connectivity index (χ1n) is 5.12. The maximum Gasteiger partial charge on any atom is 0.0875 e. The molecule has 1 heterocycles. The van der Waals surface area contributed by atoms with E-state index in [1.807, 2.05) is 29.3 Å². The number of benzene rings is 1. The van der Waals surface area contributed by atoms with E-state index in [0.29, 0.717) is 0 Å². The van der Waals surface area contributed by atoms with Gasteiger partial charge in [-0.05, 0) is 37.1 Å². The van der Waals surface area contributed by atoms with Gasteiger partial charge in [0.05, 0.1) is 5.69 Å². The lowest BCUT2D eigenvalue weighted by Crippen LogP contribution is -2.09. The Hall–Kier alpha value is -1.82. The normalized spacial score (nSPS) is 15.8. The third-order valence-corrected chi connectivity index (χ3v) is 2.40. The summed E-state index contributed by atoms with van der Waals surface area (Å²) in [5, 5.41) is 10.3. The molecule has 1 fully saturated rings. The van der Waals surface area contributed by atoms with Crippen LogP contribution in [0.25, 0.3) is 0 Å². The van der Waals surface area contributed by atoms with E-state index >= 15 is 0 Å². The first kappa shape index (κ1) is 9.72.